The van der Waals surface area contributed by atoms with Gasteiger partial charge in [-0.25, -0.2) is 0 Å². The third-order valence-electron chi connectivity index (χ3n) is 2.75. The van der Waals surface area contributed by atoms with Gasteiger partial charge < -0.3 is 9.67 Å². The minimum Gasteiger partial charge on any atom is -0.506 e. The van der Waals surface area contributed by atoms with Gasteiger partial charge in [0.05, 0.1) is 5.52 Å². The molecule has 0 amide bonds. The van der Waals surface area contributed by atoms with E-state index in [0.717, 1.165) is 29.0 Å². The van der Waals surface area contributed by atoms with Crippen LogP contribution in [0.2, 0.25) is 0 Å². The Hall–Kier alpha value is -1.09. The number of hydrogen-bond acceptors (Lipinski definition) is 2. The average molecular weight is 235 g/mol. The molecular formula is C13H17NOS. The molecule has 2 nitrogen and oxygen atoms in total. The molecule has 0 aliphatic rings. The number of benzene rings is 1. The van der Waals surface area contributed by atoms with Gasteiger partial charge in [0, 0.05) is 23.4 Å². The van der Waals surface area contributed by atoms with E-state index >= 15 is 0 Å². The second-order valence-corrected chi connectivity index (χ2v) is 5.01. The van der Waals surface area contributed by atoms with E-state index in [0.29, 0.717) is 5.75 Å². The Bertz CT molecular complexity index is 490. The predicted molar refractivity (Wildman–Crippen MR) is 71.1 cm³/mol. The van der Waals surface area contributed by atoms with Gasteiger partial charge in [-0.1, -0.05) is 19.1 Å². The Morgan fingerprint density at radius 3 is 2.81 bits per heavy atom. The summed E-state index contributed by atoms with van der Waals surface area (Å²) < 4.78 is 2.20. The van der Waals surface area contributed by atoms with Crippen LogP contribution in [0.25, 0.3) is 10.9 Å². The molecule has 1 aromatic carbocycles. The smallest absolute Gasteiger partial charge is 0.139 e. The molecule has 2 rings (SSSR count). The van der Waals surface area contributed by atoms with E-state index < -0.39 is 0 Å². The number of fused-ring (bicyclic) bond motifs is 1. The minimum atomic E-state index is 0.382. The van der Waals surface area contributed by atoms with Crippen molar-refractivity contribution in [3.8, 4) is 5.75 Å². The molecule has 0 aliphatic carbocycles. The molecule has 0 bridgehead atoms. The van der Waals surface area contributed by atoms with Crippen LogP contribution in [0.5, 0.6) is 5.75 Å². The van der Waals surface area contributed by atoms with E-state index in [2.05, 4.69) is 30.5 Å². The monoisotopic (exact) mass is 235 g/mol. The summed E-state index contributed by atoms with van der Waals surface area (Å²) in [7, 11) is 0. The third-order valence-corrected chi connectivity index (χ3v) is 3.66. The SMILES string of the molecule is CCSCc1cc2cccc(O)c2n1CC. The lowest BCUT2D eigenvalue weighted by molar-refractivity contribution is 0.477. The molecule has 0 atom stereocenters. The van der Waals surface area contributed by atoms with Crippen LogP contribution in [0.1, 0.15) is 19.5 Å². The van der Waals surface area contributed by atoms with Crippen LogP contribution < -0.4 is 0 Å². The molecule has 1 N–H and O–H groups in total. The zero-order valence-electron chi connectivity index (χ0n) is 9.73. The van der Waals surface area contributed by atoms with Gasteiger partial charge in [-0.3, -0.25) is 0 Å². The van der Waals surface area contributed by atoms with Gasteiger partial charge >= 0.3 is 0 Å². The highest BCUT2D eigenvalue weighted by molar-refractivity contribution is 7.98. The van der Waals surface area contributed by atoms with Crippen molar-refractivity contribution in [3.05, 3.63) is 30.0 Å². The molecule has 0 saturated carbocycles. The number of aromatic hydroxyl groups is 1. The van der Waals surface area contributed by atoms with Gasteiger partial charge in [0.25, 0.3) is 0 Å². The summed E-state index contributed by atoms with van der Waals surface area (Å²) in [6, 6.07) is 7.89. The maximum atomic E-state index is 9.89. The molecular weight excluding hydrogens is 218 g/mol. The molecule has 1 heterocycles. The number of rotatable bonds is 4. The average Bonchev–Trinajstić information content (AvgIpc) is 2.65. The van der Waals surface area contributed by atoms with Gasteiger partial charge in [-0.2, -0.15) is 11.8 Å². The molecule has 1 aromatic heterocycles. The largest absolute Gasteiger partial charge is 0.506 e. The predicted octanol–water partition coefficient (Wildman–Crippen LogP) is 3.62. The Morgan fingerprint density at radius 1 is 1.31 bits per heavy atom. The van der Waals surface area contributed by atoms with Gasteiger partial charge in [0.15, 0.2) is 0 Å². The molecule has 0 spiro atoms. The summed E-state index contributed by atoms with van der Waals surface area (Å²) in [5.74, 6) is 2.52. The fourth-order valence-corrected chi connectivity index (χ4v) is 2.70. The number of thioether (sulfide) groups is 1. The lowest BCUT2D eigenvalue weighted by Gasteiger charge is -2.07. The van der Waals surface area contributed by atoms with Crippen LogP contribution in [0, 0.1) is 0 Å². The number of aryl methyl sites for hydroxylation is 1. The number of phenolic OH excluding ortho intramolecular Hbond substituents is 1. The van der Waals surface area contributed by atoms with Gasteiger partial charge in [-0.15, -0.1) is 0 Å². The van der Waals surface area contributed by atoms with Crippen LogP contribution in [0.4, 0.5) is 0 Å². The van der Waals surface area contributed by atoms with Gasteiger partial charge in [0.1, 0.15) is 5.75 Å². The van der Waals surface area contributed by atoms with E-state index in [1.54, 1.807) is 6.07 Å². The van der Waals surface area contributed by atoms with E-state index in [1.165, 1.54) is 5.69 Å². The van der Waals surface area contributed by atoms with Crippen molar-refractivity contribution in [1.82, 2.24) is 4.57 Å². The fourth-order valence-electron chi connectivity index (χ4n) is 2.05. The van der Waals surface area contributed by atoms with Crippen LogP contribution in [0.15, 0.2) is 24.3 Å². The first-order valence-corrected chi connectivity index (χ1v) is 6.81. The highest BCUT2D eigenvalue weighted by atomic mass is 32.2. The van der Waals surface area contributed by atoms with Crippen molar-refractivity contribution in [3.63, 3.8) is 0 Å². The quantitative estimate of drug-likeness (QED) is 0.875. The first kappa shape index (κ1) is 11.4. The first-order chi connectivity index (χ1) is 7.77. The standard InChI is InChI=1S/C13H17NOS/c1-3-14-11(9-16-4-2)8-10-6-5-7-12(15)13(10)14/h5-8,15H,3-4,9H2,1-2H3. The summed E-state index contributed by atoms with van der Waals surface area (Å²) in [6.45, 7) is 5.19. The summed E-state index contributed by atoms with van der Waals surface area (Å²) in [4.78, 5) is 0. The first-order valence-electron chi connectivity index (χ1n) is 5.65. The second-order valence-electron chi connectivity index (χ2n) is 3.73. The van der Waals surface area contributed by atoms with Crippen molar-refractivity contribution < 1.29 is 5.11 Å². The maximum absolute atomic E-state index is 9.89. The van der Waals surface area contributed by atoms with Crippen molar-refractivity contribution in [2.24, 2.45) is 0 Å². The molecule has 0 unspecified atom stereocenters. The number of phenols is 1. The highest BCUT2D eigenvalue weighted by Gasteiger charge is 2.10. The molecule has 0 fully saturated rings. The Labute approximate surface area is 100 Å². The zero-order chi connectivity index (χ0) is 11.5. The van der Waals surface area contributed by atoms with Crippen LogP contribution in [-0.4, -0.2) is 15.4 Å². The van der Waals surface area contributed by atoms with Crippen LogP contribution in [-0.2, 0) is 12.3 Å². The van der Waals surface area contributed by atoms with Crippen molar-refractivity contribution in [1.29, 1.82) is 0 Å². The van der Waals surface area contributed by atoms with E-state index in [1.807, 2.05) is 17.8 Å². The van der Waals surface area contributed by atoms with Gasteiger partial charge in [-0.05, 0) is 24.8 Å². The van der Waals surface area contributed by atoms with E-state index in [4.69, 9.17) is 0 Å². The summed E-state index contributed by atoms with van der Waals surface area (Å²) in [6.07, 6.45) is 0. The van der Waals surface area contributed by atoms with Crippen molar-refractivity contribution >= 4 is 22.7 Å². The van der Waals surface area contributed by atoms with E-state index in [9.17, 15) is 5.11 Å². The molecule has 0 saturated heterocycles. The number of nitrogens with zero attached hydrogens (tertiary/aromatic N) is 1. The lowest BCUT2D eigenvalue weighted by Crippen LogP contribution is -1.99. The molecule has 2 aromatic rings. The molecule has 0 radical (unpaired) electrons. The topological polar surface area (TPSA) is 25.2 Å². The molecule has 86 valence electrons. The van der Waals surface area contributed by atoms with Gasteiger partial charge in [0.2, 0.25) is 0 Å². The molecule has 0 aliphatic heterocycles. The highest BCUT2D eigenvalue weighted by Crippen LogP contribution is 2.29. The number of hydrogen-bond donors (Lipinski definition) is 1. The second kappa shape index (κ2) is 4.83. The summed E-state index contributed by atoms with van der Waals surface area (Å²) in [5.41, 5.74) is 2.27. The third kappa shape index (κ3) is 1.92. The Kier molecular flexibility index (Phi) is 3.44. The van der Waals surface area contributed by atoms with Crippen LogP contribution >= 0.6 is 11.8 Å². The summed E-state index contributed by atoms with van der Waals surface area (Å²) >= 11 is 1.91. The zero-order valence-corrected chi connectivity index (χ0v) is 10.5. The van der Waals surface area contributed by atoms with Crippen LogP contribution in [0.3, 0.4) is 0 Å². The fraction of sp³-hybridized carbons (Fsp3) is 0.385. The summed E-state index contributed by atoms with van der Waals surface area (Å²) in [5, 5.41) is 11.0. The molecule has 16 heavy (non-hydrogen) atoms. The molecule has 3 heteroatoms. The maximum Gasteiger partial charge on any atom is 0.139 e. The van der Waals surface area contributed by atoms with E-state index in [-0.39, 0.29) is 0 Å². The minimum absolute atomic E-state index is 0.382. The lowest BCUT2D eigenvalue weighted by atomic mass is 10.2. The Morgan fingerprint density at radius 2 is 2.12 bits per heavy atom. The Balaban J connectivity index is 2.53. The number of aromatic nitrogens is 1. The van der Waals surface area contributed by atoms with Crippen molar-refractivity contribution in [2.75, 3.05) is 5.75 Å². The normalized spacial score (nSPS) is 11.1. The van der Waals surface area contributed by atoms with Crippen molar-refractivity contribution in [2.45, 2.75) is 26.1 Å². The number of para-hydroxylation sites is 1.